The van der Waals surface area contributed by atoms with E-state index in [0.29, 0.717) is 36.6 Å². The summed E-state index contributed by atoms with van der Waals surface area (Å²) in [6.07, 6.45) is 0.481. The number of nitrogens with zero attached hydrogens (tertiary/aromatic N) is 2. The summed E-state index contributed by atoms with van der Waals surface area (Å²) in [5.41, 5.74) is 2.18. The van der Waals surface area contributed by atoms with Gasteiger partial charge < -0.3 is 15.0 Å². The van der Waals surface area contributed by atoms with E-state index in [1.165, 1.54) is 53.9 Å². The first-order valence-corrected chi connectivity index (χ1v) is 14.3. The number of benzene rings is 2. The van der Waals surface area contributed by atoms with E-state index in [-0.39, 0.29) is 22.9 Å². The molecule has 0 atom stereocenters. The Morgan fingerprint density at radius 2 is 1.76 bits per heavy atom. The number of nitrogens with one attached hydrogen (secondary N) is 1. The van der Waals surface area contributed by atoms with Crippen LogP contribution >= 0.6 is 11.3 Å². The van der Waals surface area contributed by atoms with Gasteiger partial charge in [0, 0.05) is 37.0 Å². The molecule has 0 spiro atoms. The first-order valence-electron chi connectivity index (χ1n) is 12.1. The number of amides is 2. The van der Waals surface area contributed by atoms with Gasteiger partial charge in [0.05, 0.1) is 24.1 Å². The zero-order valence-corrected chi connectivity index (χ0v) is 23.0. The van der Waals surface area contributed by atoms with Gasteiger partial charge in [-0.05, 0) is 41.8 Å². The summed E-state index contributed by atoms with van der Waals surface area (Å²) in [6, 6.07) is 15.0. The Morgan fingerprint density at radius 1 is 1.08 bits per heavy atom. The second-order valence-corrected chi connectivity index (χ2v) is 11.8. The molecule has 3 aromatic rings. The normalized spacial score (nSPS) is 13.2. The van der Waals surface area contributed by atoms with Crippen LogP contribution in [0.3, 0.4) is 0 Å². The van der Waals surface area contributed by atoms with Crippen LogP contribution in [-0.2, 0) is 39.1 Å². The second kappa shape index (κ2) is 11.5. The monoisotopic (exact) mass is 555 g/mol. The average Bonchev–Trinajstić information content (AvgIpc) is 3.28. The first kappa shape index (κ1) is 27.5. The van der Waals surface area contributed by atoms with E-state index in [0.717, 1.165) is 16.0 Å². The SMILES string of the molecule is CCN(Cc1ccccc1)S(=O)(=O)c1ccc(C(=O)Nc2sc3c(c2C(=O)OC)CCN(C(C)=O)C3)cc1. The van der Waals surface area contributed by atoms with Crippen molar-refractivity contribution in [2.75, 3.05) is 25.5 Å². The summed E-state index contributed by atoms with van der Waals surface area (Å²) in [5, 5.41) is 3.13. The van der Waals surface area contributed by atoms with Crippen LogP contribution in [0.25, 0.3) is 0 Å². The van der Waals surface area contributed by atoms with Gasteiger partial charge in [0.25, 0.3) is 5.91 Å². The van der Waals surface area contributed by atoms with Crippen LogP contribution in [0.1, 0.15) is 50.6 Å². The average molecular weight is 556 g/mol. The molecular formula is C27H29N3O6S2. The Labute approximate surface area is 226 Å². The fourth-order valence-electron chi connectivity index (χ4n) is 4.33. The summed E-state index contributed by atoms with van der Waals surface area (Å²) in [6.45, 7) is 4.64. The number of ether oxygens (including phenoxy) is 1. The molecule has 0 saturated heterocycles. The summed E-state index contributed by atoms with van der Waals surface area (Å²) >= 11 is 1.24. The summed E-state index contributed by atoms with van der Waals surface area (Å²) < 4.78 is 32.8. The largest absolute Gasteiger partial charge is 0.465 e. The van der Waals surface area contributed by atoms with Gasteiger partial charge in [-0.25, -0.2) is 13.2 Å². The highest BCUT2D eigenvalue weighted by atomic mass is 32.2. The predicted octanol–water partition coefficient (Wildman–Crippen LogP) is 3.90. The summed E-state index contributed by atoms with van der Waals surface area (Å²) in [5.74, 6) is -1.11. The molecule has 0 bridgehead atoms. The molecule has 2 heterocycles. The Hall–Kier alpha value is -3.54. The van der Waals surface area contributed by atoms with Crippen LogP contribution < -0.4 is 5.32 Å². The third-order valence-corrected chi connectivity index (χ3v) is 9.49. The second-order valence-electron chi connectivity index (χ2n) is 8.79. The van der Waals surface area contributed by atoms with Crippen LogP contribution in [-0.4, -0.2) is 55.6 Å². The van der Waals surface area contributed by atoms with E-state index in [9.17, 15) is 22.8 Å². The third kappa shape index (κ3) is 5.64. The predicted molar refractivity (Wildman–Crippen MR) is 145 cm³/mol. The van der Waals surface area contributed by atoms with Crippen molar-refractivity contribution in [3.05, 3.63) is 81.7 Å². The molecule has 1 N–H and O–H groups in total. The highest BCUT2D eigenvalue weighted by Gasteiger charge is 2.30. The van der Waals surface area contributed by atoms with E-state index in [1.807, 2.05) is 30.3 Å². The van der Waals surface area contributed by atoms with Crippen LogP contribution in [0.4, 0.5) is 5.00 Å². The van der Waals surface area contributed by atoms with Crippen molar-refractivity contribution in [3.8, 4) is 0 Å². The van der Waals surface area contributed by atoms with Crippen LogP contribution in [0.5, 0.6) is 0 Å². The van der Waals surface area contributed by atoms with Gasteiger partial charge >= 0.3 is 5.97 Å². The van der Waals surface area contributed by atoms with Gasteiger partial charge in [-0.1, -0.05) is 37.3 Å². The van der Waals surface area contributed by atoms with Crippen molar-refractivity contribution >= 4 is 44.1 Å². The Balaban J connectivity index is 1.54. The lowest BCUT2D eigenvalue weighted by molar-refractivity contribution is -0.129. The number of rotatable bonds is 8. The zero-order valence-electron chi connectivity index (χ0n) is 21.4. The van der Waals surface area contributed by atoms with E-state index in [2.05, 4.69) is 5.32 Å². The molecule has 2 amide bonds. The Kier molecular flexibility index (Phi) is 8.29. The maximum atomic E-state index is 13.2. The highest BCUT2D eigenvalue weighted by molar-refractivity contribution is 7.89. The van der Waals surface area contributed by atoms with Crippen LogP contribution in [0.15, 0.2) is 59.5 Å². The molecule has 1 aliphatic heterocycles. The maximum absolute atomic E-state index is 13.2. The third-order valence-electron chi connectivity index (χ3n) is 6.43. The van der Waals surface area contributed by atoms with Crippen molar-refractivity contribution in [2.45, 2.75) is 38.3 Å². The quantitative estimate of drug-likeness (QED) is 0.422. The molecule has 1 aliphatic rings. The minimum absolute atomic E-state index is 0.0605. The Bertz CT molecular complexity index is 1450. The standard InChI is InChI=1S/C27H29N3O6S2/c1-4-30(16-19-8-6-5-7-9-19)38(34,35)21-12-10-20(11-13-21)25(32)28-26-24(27(33)36-3)22-14-15-29(18(2)31)17-23(22)37-26/h5-13H,4,14-17H2,1-3H3,(H,28,32). The highest BCUT2D eigenvalue weighted by Crippen LogP contribution is 2.38. The molecule has 11 heteroatoms. The molecular weight excluding hydrogens is 526 g/mol. The molecule has 2 aromatic carbocycles. The van der Waals surface area contributed by atoms with Gasteiger partial charge in [-0.2, -0.15) is 4.31 Å². The molecule has 0 saturated carbocycles. The number of hydrogen-bond acceptors (Lipinski definition) is 7. The number of carbonyl (C=O) groups excluding carboxylic acids is 3. The number of esters is 1. The number of sulfonamides is 1. The van der Waals surface area contributed by atoms with Crippen molar-refractivity contribution < 1.29 is 27.5 Å². The van der Waals surface area contributed by atoms with Crippen molar-refractivity contribution in [2.24, 2.45) is 0 Å². The molecule has 4 rings (SSSR count). The summed E-state index contributed by atoms with van der Waals surface area (Å²) in [7, 11) is -2.50. The van der Waals surface area contributed by atoms with Gasteiger partial charge in [0.15, 0.2) is 0 Å². The number of hydrogen-bond donors (Lipinski definition) is 1. The smallest absolute Gasteiger partial charge is 0.341 e. The van der Waals surface area contributed by atoms with Gasteiger partial charge in [0.2, 0.25) is 15.9 Å². The molecule has 0 aliphatic carbocycles. The van der Waals surface area contributed by atoms with E-state index < -0.39 is 21.9 Å². The molecule has 0 radical (unpaired) electrons. The van der Waals surface area contributed by atoms with Crippen LogP contribution in [0.2, 0.25) is 0 Å². The number of fused-ring (bicyclic) bond motifs is 1. The van der Waals surface area contributed by atoms with Gasteiger partial charge in [-0.3, -0.25) is 9.59 Å². The molecule has 200 valence electrons. The molecule has 38 heavy (non-hydrogen) atoms. The zero-order chi connectivity index (χ0) is 27.4. The number of anilines is 1. The fraction of sp³-hybridized carbons (Fsp3) is 0.296. The van der Waals surface area contributed by atoms with E-state index >= 15 is 0 Å². The van der Waals surface area contributed by atoms with Crippen molar-refractivity contribution in [1.29, 1.82) is 0 Å². The number of methoxy groups -OCH3 is 1. The van der Waals surface area contributed by atoms with Crippen molar-refractivity contribution in [1.82, 2.24) is 9.21 Å². The number of thiophene rings is 1. The molecule has 0 fully saturated rings. The van der Waals surface area contributed by atoms with Crippen molar-refractivity contribution in [3.63, 3.8) is 0 Å². The van der Waals surface area contributed by atoms with Gasteiger partial charge in [0.1, 0.15) is 5.00 Å². The lowest BCUT2D eigenvalue weighted by Gasteiger charge is -2.25. The van der Waals surface area contributed by atoms with Gasteiger partial charge in [-0.15, -0.1) is 11.3 Å². The summed E-state index contributed by atoms with van der Waals surface area (Å²) in [4.78, 5) is 40.0. The lowest BCUT2D eigenvalue weighted by atomic mass is 10.0. The minimum Gasteiger partial charge on any atom is -0.465 e. The molecule has 9 nitrogen and oxygen atoms in total. The number of carbonyl (C=O) groups is 3. The first-order chi connectivity index (χ1) is 18.1. The molecule has 0 unspecified atom stereocenters. The topological polar surface area (TPSA) is 113 Å². The van der Waals surface area contributed by atoms with E-state index in [1.54, 1.807) is 11.8 Å². The maximum Gasteiger partial charge on any atom is 0.341 e. The fourth-order valence-corrected chi connectivity index (χ4v) is 7.02. The van der Waals surface area contributed by atoms with E-state index in [4.69, 9.17) is 4.74 Å². The lowest BCUT2D eigenvalue weighted by Crippen LogP contribution is -2.33. The molecule has 1 aromatic heterocycles. The minimum atomic E-state index is -3.78. The Morgan fingerprint density at radius 3 is 2.37 bits per heavy atom. The van der Waals surface area contributed by atoms with Crippen LogP contribution in [0, 0.1) is 0 Å².